The molecule has 2 aliphatic carbocycles. The summed E-state index contributed by atoms with van der Waals surface area (Å²) in [6.07, 6.45) is 13.6. The van der Waals surface area contributed by atoms with Gasteiger partial charge in [-0.25, -0.2) is 19.9 Å². The van der Waals surface area contributed by atoms with Crippen molar-refractivity contribution in [3.05, 3.63) is 143 Å². The van der Waals surface area contributed by atoms with Crippen LogP contribution in [-0.2, 0) is 12.8 Å². The summed E-state index contributed by atoms with van der Waals surface area (Å²) in [5, 5.41) is 0. The van der Waals surface area contributed by atoms with E-state index >= 15 is 0 Å². The van der Waals surface area contributed by atoms with E-state index in [0.29, 0.717) is 11.6 Å². The second-order valence-corrected chi connectivity index (χ2v) is 12.2. The Balaban J connectivity index is 1.39. The monoisotopic (exact) mass is 594 g/mol. The molecule has 2 aromatic heterocycles. The van der Waals surface area contributed by atoms with Crippen molar-refractivity contribution in [2.75, 3.05) is 0 Å². The third kappa shape index (κ3) is 5.37. The van der Waals surface area contributed by atoms with Crippen LogP contribution in [0.25, 0.3) is 68.6 Å². The number of rotatable bonds is 5. The summed E-state index contributed by atoms with van der Waals surface area (Å²) in [6.45, 7) is 4.05. The van der Waals surface area contributed by atoms with Crippen molar-refractivity contribution < 1.29 is 0 Å². The zero-order valence-corrected chi connectivity index (χ0v) is 26.2. The van der Waals surface area contributed by atoms with Gasteiger partial charge in [0.15, 0.2) is 11.6 Å². The zero-order valence-electron chi connectivity index (χ0n) is 26.2. The van der Waals surface area contributed by atoms with Crippen molar-refractivity contribution in [3.8, 4) is 56.4 Å². The highest BCUT2D eigenvalue weighted by Crippen LogP contribution is 2.40. The average Bonchev–Trinajstić information content (AvgIpc) is 3.11. The van der Waals surface area contributed by atoms with Gasteiger partial charge in [0, 0.05) is 33.6 Å². The van der Waals surface area contributed by atoms with E-state index in [2.05, 4.69) is 103 Å². The Morgan fingerprint density at radius 3 is 1.65 bits per heavy atom. The van der Waals surface area contributed by atoms with E-state index < -0.39 is 0 Å². The minimum atomic E-state index is 0.676. The van der Waals surface area contributed by atoms with Gasteiger partial charge in [-0.3, -0.25) is 0 Å². The van der Waals surface area contributed by atoms with Crippen molar-refractivity contribution >= 4 is 12.2 Å². The van der Waals surface area contributed by atoms with Crippen LogP contribution in [0.5, 0.6) is 0 Å². The summed E-state index contributed by atoms with van der Waals surface area (Å²) >= 11 is 0. The van der Waals surface area contributed by atoms with Gasteiger partial charge in [-0.05, 0) is 109 Å². The van der Waals surface area contributed by atoms with Crippen LogP contribution in [0, 0.1) is 13.8 Å². The first-order valence-electron chi connectivity index (χ1n) is 16.1. The molecule has 0 radical (unpaired) electrons. The van der Waals surface area contributed by atoms with E-state index in [0.717, 1.165) is 76.3 Å². The van der Waals surface area contributed by atoms with E-state index in [1.165, 1.54) is 27.8 Å². The highest BCUT2D eigenvalue weighted by Gasteiger charge is 2.21. The van der Waals surface area contributed by atoms with E-state index in [9.17, 15) is 0 Å². The lowest BCUT2D eigenvalue weighted by molar-refractivity contribution is 0.906. The van der Waals surface area contributed by atoms with Crippen LogP contribution in [-0.4, -0.2) is 19.9 Å². The van der Waals surface area contributed by atoms with Gasteiger partial charge >= 0.3 is 0 Å². The van der Waals surface area contributed by atoms with E-state index in [4.69, 9.17) is 19.9 Å². The summed E-state index contributed by atoms with van der Waals surface area (Å²) < 4.78 is 0. The maximum atomic E-state index is 5.18. The van der Waals surface area contributed by atoms with Crippen molar-refractivity contribution in [2.45, 2.75) is 39.5 Å². The average molecular weight is 595 g/mol. The van der Waals surface area contributed by atoms with Crippen molar-refractivity contribution in [1.82, 2.24) is 19.9 Å². The Hall–Kier alpha value is -5.48. The fourth-order valence-electron chi connectivity index (χ4n) is 6.83. The van der Waals surface area contributed by atoms with Crippen LogP contribution < -0.4 is 0 Å². The lowest BCUT2D eigenvalue weighted by Gasteiger charge is -2.24. The summed E-state index contributed by atoms with van der Waals surface area (Å²) in [5.41, 5.74) is 15.7. The minimum Gasteiger partial charge on any atom is -0.233 e. The third-order valence-electron chi connectivity index (χ3n) is 8.94. The predicted octanol–water partition coefficient (Wildman–Crippen LogP) is 10.1. The molecule has 4 aromatic carbocycles. The van der Waals surface area contributed by atoms with Gasteiger partial charge < -0.3 is 0 Å². The number of benzene rings is 4. The molecule has 8 rings (SSSR count). The fourth-order valence-corrected chi connectivity index (χ4v) is 6.83. The van der Waals surface area contributed by atoms with Gasteiger partial charge in [-0.2, -0.15) is 0 Å². The normalized spacial score (nSPS) is 13.3. The van der Waals surface area contributed by atoms with Crippen LogP contribution in [0.2, 0.25) is 0 Å². The molecule has 222 valence electrons. The van der Waals surface area contributed by atoms with Crippen molar-refractivity contribution in [2.24, 2.45) is 0 Å². The standard InChI is InChI=1S/C42H34N4/c1-27-21-28(2)44-41(43-27)33-22-32(38-25-31-17-9-10-18-35(31)36-19-11-12-20-37(36)38)23-34(24-33)42-45-39(29-13-5-3-6-14-29)26-40(46-42)30-15-7-4-8-16-30/h3-9,12-17,20-26H,10-11,18-19H2,1-2H3. The predicted molar refractivity (Wildman–Crippen MR) is 189 cm³/mol. The SMILES string of the molecule is Cc1cc(C)nc(-c2cc(-c3nc(-c4ccccc4)cc(-c4ccccc4)n3)cc(-c3cc4c(c5c3C=CCC5)CCC=C4)c2)n1. The first-order valence-corrected chi connectivity index (χ1v) is 16.1. The number of fused-ring (bicyclic) bond motifs is 3. The van der Waals surface area contributed by atoms with Crippen LogP contribution in [0.1, 0.15) is 46.5 Å². The van der Waals surface area contributed by atoms with Crippen LogP contribution >= 0.6 is 0 Å². The number of allylic oxidation sites excluding steroid dienone is 2. The second-order valence-electron chi connectivity index (χ2n) is 12.2. The Kier molecular flexibility index (Phi) is 7.18. The Bertz CT molecular complexity index is 2080. The minimum absolute atomic E-state index is 0.676. The third-order valence-corrected chi connectivity index (χ3v) is 8.94. The van der Waals surface area contributed by atoms with Gasteiger partial charge in [0.1, 0.15) is 0 Å². The summed E-state index contributed by atoms with van der Waals surface area (Å²) in [5.74, 6) is 1.39. The maximum absolute atomic E-state index is 5.18. The topological polar surface area (TPSA) is 51.6 Å². The van der Waals surface area contributed by atoms with E-state index in [-0.39, 0.29) is 0 Å². The lowest BCUT2D eigenvalue weighted by Crippen LogP contribution is -2.07. The molecule has 0 N–H and O–H groups in total. The van der Waals surface area contributed by atoms with Gasteiger partial charge in [-0.15, -0.1) is 0 Å². The van der Waals surface area contributed by atoms with Crippen LogP contribution in [0.3, 0.4) is 0 Å². The number of aryl methyl sites for hydroxylation is 2. The molecule has 0 atom stereocenters. The fraction of sp³-hybridized carbons (Fsp3) is 0.143. The summed E-state index contributed by atoms with van der Waals surface area (Å²) in [6, 6.07) is 33.8. The molecular formula is C42H34N4. The lowest BCUT2D eigenvalue weighted by atomic mass is 9.80. The van der Waals surface area contributed by atoms with Gasteiger partial charge in [0.25, 0.3) is 0 Å². The smallest absolute Gasteiger partial charge is 0.160 e. The molecule has 46 heavy (non-hydrogen) atoms. The molecule has 0 bridgehead atoms. The largest absolute Gasteiger partial charge is 0.233 e. The van der Waals surface area contributed by atoms with Crippen molar-refractivity contribution in [3.63, 3.8) is 0 Å². The summed E-state index contributed by atoms with van der Waals surface area (Å²) in [7, 11) is 0. The van der Waals surface area contributed by atoms with E-state index in [1.807, 2.05) is 32.0 Å². The second kappa shape index (κ2) is 11.8. The van der Waals surface area contributed by atoms with Crippen LogP contribution in [0.4, 0.5) is 0 Å². The highest BCUT2D eigenvalue weighted by molar-refractivity contribution is 5.87. The Morgan fingerprint density at radius 1 is 0.478 bits per heavy atom. The number of hydrogen-bond donors (Lipinski definition) is 0. The van der Waals surface area contributed by atoms with Crippen LogP contribution in [0.15, 0.2) is 109 Å². The molecule has 2 heterocycles. The van der Waals surface area contributed by atoms with E-state index in [1.54, 1.807) is 0 Å². The molecule has 0 saturated carbocycles. The molecule has 0 amide bonds. The first kappa shape index (κ1) is 28.0. The highest BCUT2D eigenvalue weighted by atomic mass is 14.9. The zero-order chi connectivity index (χ0) is 31.0. The Labute approximate surface area is 270 Å². The quantitative estimate of drug-likeness (QED) is 0.199. The molecule has 0 fully saturated rings. The van der Waals surface area contributed by atoms with Gasteiger partial charge in [-0.1, -0.05) is 85.0 Å². The molecule has 0 spiro atoms. The number of hydrogen-bond acceptors (Lipinski definition) is 4. The molecular weight excluding hydrogens is 560 g/mol. The van der Waals surface area contributed by atoms with Crippen molar-refractivity contribution in [1.29, 1.82) is 0 Å². The number of nitrogens with zero attached hydrogens (tertiary/aromatic N) is 4. The molecule has 0 saturated heterocycles. The molecule has 0 unspecified atom stereocenters. The molecule has 4 heteroatoms. The van der Waals surface area contributed by atoms with Gasteiger partial charge in [0.2, 0.25) is 0 Å². The molecule has 6 aromatic rings. The number of aromatic nitrogens is 4. The summed E-state index contributed by atoms with van der Waals surface area (Å²) in [4.78, 5) is 20.1. The molecule has 2 aliphatic rings. The maximum Gasteiger partial charge on any atom is 0.160 e. The Morgan fingerprint density at radius 2 is 1.02 bits per heavy atom. The molecule has 0 aliphatic heterocycles. The first-order chi connectivity index (χ1) is 22.6. The van der Waals surface area contributed by atoms with Gasteiger partial charge in [0.05, 0.1) is 11.4 Å². The molecule has 4 nitrogen and oxygen atoms in total.